The quantitative estimate of drug-likeness (QED) is 0.792. The summed E-state index contributed by atoms with van der Waals surface area (Å²) in [6, 6.07) is 0.821. The Morgan fingerprint density at radius 1 is 1.40 bits per heavy atom. The lowest BCUT2D eigenvalue weighted by atomic mass is 9.93. The molecule has 1 saturated heterocycles. The number of carbonyl (C=O) groups is 1. The summed E-state index contributed by atoms with van der Waals surface area (Å²) >= 11 is 1.96. The molecule has 0 aromatic carbocycles. The average molecular weight is 298 g/mol. The van der Waals surface area contributed by atoms with Gasteiger partial charge in [0.15, 0.2) is 0 Å². The number of nitrogens with one attached hydrogen (secondary N) is 2. The van der Waals surface area contributed by atoms with Crippen LogP contribution < -0.4 is 10.6 Å². The minimum absolute atomic E-state index is 0.256. The Morgan fingerprint density at radius 2 is 2.25 bits per heavy atom. The zero-order chi connectivity index (χ0) is 14.4. The normalized spacial score (nSPS) is 30.6. The highest BCUT2D eigenvalue weighted by Gasteiger charge is 2.29. The molecule has 1 saturated carbocycles. The van der Waals surface area contributed by atoms with Crippen LogP contribution in [0.15, 0.2) is 0 Å². The van der Waals surface area contributed by atoms with E-state index in [-0.39, 0.29) is 5.91 Å². The highest BCUT2D eigenvalue weighted by atomic mass is 32.2. The molecule has 2 rings (SSSR count). The Balaban J connectivity index is 1.71. The summed E-state index contributed by atoms with van der Waals surface area (Å²) in [7, 11) is 0. The third-order valence-electron chi connectivity index (χ3n) is 4.55. The summed E-state index contributed by atoms with van der Waals surface area (Å²) < 4.78 is 0. The van der Waals surface area contributed by atoms with E-state index in [4.69, 9.17) is 0 Å². The van der Waals surface area contributed by atoms with Crippen LogP contribution in [-0.2, 0) is 4.79 Å². The zero-order valence-electron chi connectivity index (χ0n) is 13.0. The minimum Gasteiger partial charge on any atom is -0.353 e. The van der Waals surface area contributed by atoms with Crippen LogP contribution in [0, 0.1) is 11.8 Å². The molecule has 1 aliphatic heterocycles. The van der Waals surface area contributed by atoms with Crippen LogP contribution in [0.5, 0.6) is 0 Å². The first kappa shape index (κ1) is 16.2. The Labute approximate surface area is 128 Å². The van der Waals surface area contributed by atoms with E-state index in [9.17, 15) is 4.79 Å². The summed E-state index contributed by atoms with van der Waals surface area (Å²) in [6.07, 6.45) is 6.99. The summed E-state index contributed by atoms with van der Waals surface area (Å²) in [5.74, 6) is 4.00. The second-order valence-electron chi connectivity index (χ2n) is 6.77. The van der Waals surface area contributed by atoms with Crippen molar-refractivity contribution in [2.75, 3.05) is 18.1 Å². The molecule has 1 aliphatic carbocycles. The first-order valence-electron chi connectivity index (χ1n) is 8.25. The second kappa shape index (κ2) is 8.28. The van der Waals surface area contributed by atoms with Crippen molar-refractivity contribution in [3.8, 4) is 0 Å². The first-order valence-corrected chi connectivity index (χ1v) is 9.41. The Morgan fingerprint density at radius 3 is 2.95 bits per heavy atom. The summed E-state index contributed by atoms with van der Waals surface area (Å²) in [5, 5.41) is 6.76. The lowest BCUT2D eigenvalue weighted by Crippen LogP contribution is -2.44. The molecule has 2 aliphatic rings. The average Bonchev–Trinajstić information content (AvgIpc) is 2.84. The highest BCUT2D eigenvalue weighted by Crippen LogP contribution is 2.30. The Bertz CT molecular complexity index is 303. The molecule has 0 spiro atoms. The molecule has 116 valence electrons. The minimum atomic E-state index is 0.256. The molecule has 2 fully saturated rings. The van der Waals surface area contributed by atoms with Gasteiger partial charge in [0.25, 0.3) is 0 Å². The van der Waals surface area contributed by atoms with Crippen LogP contribution in [0.3, 0.4) is 0 Å². The summed E-state index contributed by atoms with van der Waals surface area (Å²) in [4.78, 5) is 12.2. The number of amides is 1. The topological polar surface area (TPSA) is 41.1 Å². The molecular weight excluding hydrogens is 268 g/mol. The van der Waals surface area contributed by atoms with E-state index in [1.165, 1.54) is 37.9 Å². The van der Waals surface area contributed by atoms with Gasteiger partial charge in [-0.1, -0.05) is 26.7 Å². The molecule has 4 heteroatoms. The van der Waals surface area contributed by atoms with Gasteiger partial charge in [-0.15, -0.1) is 0 Å². The molecule has 0 radical (unpaired) electrons. The number of hydrogen-bond acceptors (Lipinski definition) is 3. The molecule has 20 heavy (non-hydrogen) atoms. The predicted molar refractivity (Wildman–Crippen MR) is 87.1 cm³/mol. The lowest BCUT2D eigenvalue weighted by molar-refractivity contribution is -0.122. The van der Waals surface area contributed by atoms with Crippen molar-refractivity contribution in [1.82, 2.24) is 10.6 Å². The molecular formula is C16H30N2OS. The van der Waals surface area contributed by atoms with E-state index in [0.29, 0.717) is 18.5 Å². The van der Waals surface area contributed by atoms with Crippen molar-refractivity contribution < 1.29 is 4.79 Å². The van der Waals surface area contributed by atoms with Gasteiger partial charge < -0.3 is 10.6 Å². The van der Waals surface area contributed by atoms with Crippen LogP contribution in [0.2, 0.25) is 0 Å². The maximum Gasteiger partial charge on any atom is 0.221 e. The van der Waals surface area contributed by atoms with Crippen molar-refractivity contribution in [1.29, 1.82) is 0 Å². The standard InChI is InChI=1S/C16H30N2OS/c1-12(2)6-7-13-4-3-5-15(13)18-16(19)10-14-11-20-9-8-17-14/h12-15,17H,3-11H2,1-2H3,(H,18,19). The van der Waals surface area contributed by atoms with Crippen LogP contribution in [-0.4, -0.2) is 36.0 Å². The Hall–Kier alpha value is -0.220. The molecule has 1 heterocycles. The fourth-order valence-electron chi connectivity index (χ4n) is 3.36. The van der Waals surface area contributed by atoms with Gasteiger partial charge in [0.05, 0.1) is 0 Å². The maximum absolute atomic E-state index is 12.2. The van der Waals surface area contributed by atoms with E-state index in [0.717, 1.165) is 24.1 Å². The number of thioether (sulfide) groups is 1. The monoisotopic (exact) mass is 298 g/mol. The second-order valence-corrected chi connectivity index (χ2v) is 7.92. The van der Waals surface area contributed by atoms with Gasteiger partial charge in [-0.2, -0.15) is 11.8 Å². The van der Waals surface area contributed by atoms with E-state index >= 15 is 0 Å². The van der Waals surface area contributed by atoms with Gasteiger partial charge in [0.1, 0.15) is 0 Å². The highest BCUT2D eigenvalue weighted by molar-refractivity contribution is 7.99. The largest absolute Gasteiger partial charge is 0.353 e. The van der Waals surface area contributed by atoms with Crippen molar-refractivity contribution in [3.63, 3.8) is 0 Å². The van der Waals surface area contributed by atoms with Crippen LogP contribution in [0.25, 0.3) is 0 Å². The molecule has 3 atom stereocenters. The first-order chi connectivity index (χ1) is 9.65. The summed E-state index contributed by atoms with van der Waals surface area (Å²) in [5.41, 5.74) is 0. The Kier molecular flexibility index (Phi) is 6.69. The molecule has 0 bridgehead atoms. The van der Waals surface area contributed by atoms with Gasteiger partial charge in [0, 0.05) is 36.6 Å². The molecule has 3 nitrogen and oxygen atoms in total. The van der Waals surface area contributed by atoms with Gasteiger partial charge in [0.2, 0.25) is 5.91 Å². The van der Waals surface area contributed by atoms with Gasteiger partial charge in [-0.25, -0.2) is 0 Å². The van der Waals surface area contributed by atoms with Crippen LogP contribution in [0.4, 0.5) is 0 Å². The van der Waals surface area contributed by atoms with Crippen LogP contribution in [0.1, 0.15) is 52.4 Å². The fourth-order valence-corrected chi connectivity index (χ4v) is 4.31. The van der Waals surface area contributed by atoms with Gasteiger partial charge in [-0.3, -0.25) is 4.79 Å². The smallest absolute Gasteiger partial charge is 0.221 e. The third-order valence-corrected chi connectivity index (χ3v) is 5.68. The SMILES string of the molecule is CC(C)CCC1CCCC1NC(=O)CC1CSCCN1. The molecule has 1 amide bonds. The zero-order valence-corrected chi connectivity index (χ0v) is 13.8. The van der Waals surface area contributed by atoms with Crippen molar-refractivity contribution in [3.05, 3.63) is 0 Å². The predicted octanol–water partition coefficient (Wildman–Crippen LogP) is 2.80. The number of rotatable bonds is 6. The fraction of sp³-hybridized carbons (Fsp3) is 0.938. The molecule has 0 aromatic rings. The molecule has 2 N–H and O–H groups in total. The van der Waals surface area contributed by atoms with Crippen molar-refractivity contribution in [2.24, 2.45) is 11.8 Å². The van der Waals surface area contributed by atoms with Gasteiger partial charge >= 0.3 is 0 Å². The van der Waals surface area contributed by atoms with Gasteiger partial charge in [-0.05, 0) is 31.1 Å². The van der Waals surface area contributed by atoms with E-state index in [1.54, 1.807) is 0 Å². The number of hydrogen-bond donors (Lipinski definition) is 2. The van der Waals surface area contributed by atoms with Crippen LogP contribution >= 0.6 is 11.8 Å². The third kappa shape index (κ3) is 5.28. The summed E-state index contributed by atoms with van der Waals surface area (Å²) in [6.45, 7) is 5.62. The van der Waals surface area contributed by atoms with E-state index < -0.39 is 0 Å². The molecule has 3 unspecified atom stereocenters. The van der Waals surface area contributed by atoms with E-state index in [1.807, 2.05) is 11.8 Å². The lowest BCUT2D eigenvalue weighted by Gasteiger charge is -2.25. The maximum atomic E-state index is 12.2. The van der Waals surface area contributed by atoms with Crippen molar-refractivity contribution in [2.45, 2.75) is 64.5 Å². The molecule has 0 aromatic heterocycles. The van der Waals surface area contributed by atoms with Crippen molar-refractivity contribution >= 4 is 17.7 Å². The number of carbonyl (C=O) groups excluding carboxylic acids is 1. The van der Waals surface area contributed by atoms with E-state index in [2.05, 4.69) is 24.5 Å².